The summed E-state index contributed by atoms with van der Waals surface area (Å²) >= 11 is 0. The van der Waals surface area contributed by atoms with Crippen LogP contribution < -0.4 is 48.1 Å². The third-order valence-electron chi connectivity index (χ3n) is 7.30. The summed E-state index contributed by atoms with van der Waals surface area (Å²) in [7, 11) is -1.80. The van der Waals surface area contributed by atoms with Crippen LogP contribution in [0, 0.1) is 0 Å². The summed E-state index contributed by atoms with van der Waals surface area (Å²) in [4.78, 5) is 0. The van der Waals surface area contributed by atoms with Crippen molar-refractivity contribution in [3.8, 4) is 0 Å². The molecule has 0 spiro atoms. The fourth-order valence-electron chi connectivity index (χ4n) is 5.39. The predicted octanol–water partition coefficient (Wildman–Crippen LogP) is 0.264. The van der Waals surface area contributed by atoms with Gasteiger partial charge in [0.1, 0.15) is 0 Å². The molecule has 0 bridgehead atoms. The van der Waals surface area contributed by atoms with Crippen molar-refractivity contribution in [2.24, 2.45) is 0 Å². The van der Waals surface area contributed by atoms with Gasteiger partial charge in [0.15, 0.2) is 0 Å². The van der Waals surface area contributed by atoms with Crippen LogP contribution in [0.4, 0.5) is 0 Å². The van der Waals surface area contributed by atoms with Crippen molar-refractivity contribution >= 4 is 40.0 Å². The van der Waals surface area contributed by atoms with Crippen molar-refractivity contribution in [1.82, 2.24) is 0 Å². The number of hydrogen-bond donors (Lipinski definition) is 0. The van der Waals surface area contributed by atoms with Crippen molar-refractivity contribution in [3.63, 3.8) is 0 Å². The van der Waals surface area contributed by atoms with E-state index in [1.165, 1.54) is 47.2 Å². The number of fused-ring (bicyclic) bond motifs is 3. The molecule has 3 heteroatoms. The van der Waals surface area contributed by atoms with Crippen LogP contribution in [-0.2, 0) is 12.8 Å². The van der Waals surface area contributed by atoms with Gasteiger partial charge in [-0.2, -0.15) is 6.07 Å². The monoisotopic (exact) mass is 396 g/mol. The Morgan fingerprint density at radius 1 is 0.933 bits per heavy atom. The molecule has 0 fully saturated rings. The maximum absolute atomic E-state index is 2.57. The summed E-state index contributed by atoms with van der Waals surface area (Å²) in [5.74, 6) is 0.614. The molecule has 0 heterocycles. The first-order chi connectivity index (χ1) is 13.5. The van der Waals surface area contributed by atoms with Crippen LogP contribution in [0.1, 0.15) is 49.3 Å². The van der Waals surface area contributed by atoms with Gasteiger partial charge in [-0.3, -0.25) is 0 Å². The number of hydrogen-bond acceptors (Lipinski definition) is 0. The zero-order valence-corrected chi connectivity index (χ0v) is 20.6. The minimum Gasteiger partial charge on any atom is -0.151 e. The number of benzene rings is 2. The summed E-state index contributed by atoms with van der Waals surface area (Å²) in [5, 5.41) is 9.17. The molecule has 0 amide bonds. The molecular weight excluding hydrogens is 366 g/mol. The fourth-order valence-corrected chi connectivity index (χ4v) is 8.48. The van der Waals surface area contributed by atoms with E-state index < -0.39 is 8.07 Å². The van der Waals surface area contributed by atoms with Crippen molar-refractivity contribution in [2.45, 2.75) is 58.5 Å². The molecule has 0 aliphatic heterocycles. The van der Waals surface area contributed by atoms with Gasteiger partial charge in [-0.1, -0.05) is 57.0 Å². The van der Waals surface area contributed by atoms with E-state index in [4.69, 9.17) is 0 Å². The molecular formula is C27H30Li2Si. The van der Waals surface area contributed by atoms with Gasteiger partial charge in [-0.25, -0.2) is 0 Å². The van der Waals surface area contributed by atoms with E-state index in [0.717, 1.165) is 0 Å². The molecule has 30 heavy (non-hydrogen) atoms. The molecule has 1 aliphatic carbocycles. The molecule has 144 valence electrons. The molecule has 0 saturated heterocycles. The number of aryl methyl sites for hydroxylation is 2. The van der Waals surface area contributed by atoms with E-state index in [2.05, 4.69) is 81.5 Å². The quantitative estimate of drug-likeness (QED) is 0.343. The largest absolute Gasteiger partial charge is 1.00 e. The minimum absolute atomic E-state index is 0. The third kappa shape index (κ3) is 3.64. The van der Waals surface area contributed by atoms with E-state index in [-0.39, 0.29) is 37.7 Å². The predicted molar refractivity (Wildman–Crippen MR) is 127 cm³/mol. The molecule has 4 aromatic carbocycles. The van der Waals surface area contributed by atoms with Gasteiger partial charge in [0.05, 0.1) is 0 Å². The Hall–Kier alpha value is -0.928. The standard InChI is InChI=1S/C27H30Si.2Li/c1-5-18(2)24-17-27(23-12-7-6-11-22(23)24)28(3,4)26-14-13-21-15-19-9-8-10-20(19)16-25(21)26;;/h6-7,11-18H,5,8-10H2,1-4H3;;/q-2;2*+1. The van der Waals surface area contributed by atoms with Crippen LogP contribution in [0.3, 0.4) is 0 Å². The summed E-state index contributed by atoms with van der Waals surface area (Å²) < 4.78 is 0. The normalized spacial score (nSPS) is 14.4. The van der Waals surface area contributed by atoms with Crippen molar-refractivity contribution < 1.29 is 37.7 Å². The maximum atomic E-state index is 2.57. The van der Waals surface area contributed by atoms with Gasteiger partial charge in [0.2, 0.25) is 0 Å². The van der Waals surface area contributed by atoms with Crippen LogP contribution in [0.2, 0.25) is 13.1 Å². The first kappa shape index (κ1) is 23.7. The Morgan fingerprint density at radius 3 is 2.47 bits per heavy atom. The van der Waals surface area contributed by atoms with Crippen molar-refractivity contribution in [2.75, 3.05) is 0 Å². The summed E-state index contributed by atoms with van der Waals surface area (Å²) in [5.41, 5.74) is 4.73. The molecule has 1 aliphatic rings. The van der Waals surface area contributed by atoms with E-state index in [9.17, 15) is 0 Å². The summed E-state index contributed by atoms with van der Waals surface area (Å²) in [6, 6.07) is 21.5. The third-order valence-corrected chi connectivity index (χ3v) is 10.8. The van der Waals surface area contributed by atoms with E-state index >= 15 is 0 Å². The Balaban J connectivity index is 0.00000128. The zero-order chi connectivity index (χ0) is 19.5. The van der Waals surface area contributed by atoms with Gasteiger partial charge < -0.3 is 0 Å². The summed E-state index contributed by atoms with van der Waals surface area (Å²) in [6.07, 6.45) is 5.04. The minimum atomic E-state index is -1.80. The molecule has 1 unspecified atom stereocenters. The van der Waals surface area contributed by atoms with E-state index in [1.807, 2.05) is 0 Å². The molecule has 0 N–H and O–H groups in total. The van der Waals surface area contributed by atoms with Crippen LogP contribution in [-0.4, -0.2) is 8.07 Å². The Morgan fingerprint density at radius 2 is 1.70 bits per heavy atom. The van der Waals surface area contributed by atoms with Crippen LogP contribution in [0.5, 0.6) is 0 Å². The molecule has 0 saturated carbocycles. The average molecular weight is 397 g/mol. The number of rotatable bonds is 4. The van der Waals surface area contributed by atoms with Crippen LogP contribution in [0.25, 0.3) is 21.5 Å². The van der Waals surface area contributed by atoms with Crippen molar-refractivity contribution in [3.05, 3.63) is 71.3 Å². The second-order valence-corrected chi connectivity index (χ2v) is 13.6. The molecule has 0 nitrogen and oxygen atoms in total. The van der Waals surface area contributed by atoms with Crippen LogP contribution in [0.15, 0.2) is 54.6 Å². The zero-order valence-electron chi connectivity index (χ0n) is 19.6. The summed E-state index contributed by atoms with van der Waals surface area (Å²) in [6.45, 7) is 9.79. The average Bonchev–Trinajstić information content (AvgIpc) is 3.41. The van der Waals surface area contributed by atoms with E-state index in [0.29, 0.717) is 5.92 Å². The Bertz CT molecular complexity index is 1180. The fraction of sp³-hybridized carbons (Fsp3) is 0.333. The van der Waals surface area contributed by atoms with Gasteiger partial charge in [-0.05, 0) is 12.3 Å². The molecule has 1 atom stereocenters. The van der Waals surface area contributed by atoms with Gasteiger partial charge >= 0.3 is 37.7 Å². The first-order valence-electron chi connectivity index (χ1n) is 10.9. The van der Waals surface area contributed by atoms with Gasteiger partial charge in [-0.15, -0.1) is 86.4 Å². The Kier molecular flexibility index (Phi) is 7.04. The second-order valence-electron chi connectivity index (χ2n) is 9.30. The Labute approximate surface area is 206 Å². The van der Waals surface area contributed by atoms with E-state index in [1.54, 1.807) is 27.1 Å². The first-order valence-corrected chi connectivity index (χ1v) is 13.9. The van der Waals surface area contributed by atoms with Crippen LogP contribution >= 0.6 is 0 Å². The van der Waals surface area contributed by atoms with Gasteiger partial charge in [0, 0.05) is 8.07 Å². The topological polar surface area (TPSA) is 0 Å². The molecule has 5 rings (SSSR count). The molecule has 4 aromatic rings. The van der Waals surface area contributed by atoms with Crippen molar-refractivity contribution in [1.29, 1.82) is 0 Å². The molecule has 0 aromatic heterocycles. The maximum Gasteiger partial charge on any atom is 1.00 e. The van der Waals surface area contributed by atoms with Gasteiger partial charge in [0.25, 0.3) is 0 Å². The molecule has 0 radical (unpaired) electrons. The second kappa shape index (κ2) is 8.90. The smallest absolute Gasteiger partial charge is 0.151 e. The SMILES string of the molecule is CCC(C)c1cc([Si](C)(C)c2cc[c-]3cc4c(cc23)CCC4)c2cccc[c-]12.[Li+].[Li+].